The van der Waals surface area contributed by atoms with Crippen LogP contribution in [0, 0.1) is 0 Å². The number of imide groups is 1. The molecule has 168 valence electrons. The van der Waals surface area contributed by atoms with Gasteiger partial charge < -0.3 is 15.2 Å². The monoisotopic (exact) mass is 465 g/mol. The zero-order valence-corrected chi connectivity index (χ0v) is 18.5. The highest BCUT2D eigenvalue weighted by Gasteiger charge is 2.39. The van der Waals surface area contributed by atoms with Crippen LogP contribution >= 0.6 is 11.6 Å². The number of aromatic amines is 1. The van der Waals surface area contributed by atoms with Gasteiger partial charge in [0.2, 0.25) is 11.8 Å². The largest absolute Gasteiger partial charge is 0.335 e. The third kappa shape index (κ3) is 3.64. The molecule has 33 heavy (non-hydrogen) atoms. The van der Waals surface area contributed by atoms with Crippen molar-refractivity contribution in [3.63, 3.8) is 0 Å². The molecule has 0 saturated carbocycles. The second kappa shape index (κ2) is 8.00. The first-order chi connectivity index (χ1) is 15.9. The van der Waals surface area contributed by atoms with E-state index in [1.54, 1.807) is 24.3 Å². The van der Waals surface area contributed by atoms with Crippen LogP contribution in [-0.2, 0) is 22.6 Å². The molecule has 2 aromatic heterocycles. The number of H-pyrrole nitrogens is 1. The average molecular weight is 466 g/mol. The molecule has 2 aliphatic heterocycles. The van der Waals surface area contributed by atoms with Gasteiger partial charge in [0.25, 0.3) is 11.8 Å². The van der Waals surface area contributed by atoms with Gasteiger partial charge in [-0.2, -0.15) is 0 Å². The topological polar surface area (TPSA) is 124 Å². The van der Waals surface area contributed by atoms with Gasteiger partial charge in [-0.25, -0.2) is 4.98 Å². The van der Waals surface area contributed by atoms with Gasteiger partial charge in [0, 0.05) is 35.8 Å². The van der Waals surface area contributed by atoms with Crippen LogP contribution in [0.15, 0.2) is 30.5 Å². The number of hydrogen-bond donors (Lipinski definition) is 3. The molecule has 3 aromatic rings. The van der Waals surface area contributed by atoms with Crippen LogP contribution in [0.5, 0.6) is 0 Å². The van der Waals surface area contributed by atoms with Crippen molar-refractivity contribution in [2.75, 3.05) is 5.32 Å². The maximum atomic E-state index is 13.0. The highest BCUT2D eigenvalue weighted by atomic mass is 35.5. The summed E-state index contributed by atoms with van der Waals surface area (Å²) in [6, 6.07) is 6.14. The van der Waals surface area contributed by atoms with Gasteiger partial charge in [0.05, 0.1) is 5.02 Å². The fourth-order valence-corrected chi connectivity index (χ4v) is 4.66. The lowest BCUT2D eigenvalue weighted by molar-refractivity contribution is -0.136. The molecule has 10 heteroatoms. The number of hydrogen-bond acceptors (Lipinski definition) is 5. The van der Waals surface area contributed by atoms with Crippen LogP contribution in [0.3, 0.4) is 0 Å². The van der Waals surface area contributed by atoms with E-state index in [0.29, 0.717) is 46.0 Å². The molecule has 0 radical (unpaired) electrons. The minimum absolute atomic E-state index is 0.197. The van der Waals surface area contributed by atoms with Crippen molar-refractivity contribution in [3.05, 3.63) is 57.9 Å². The number of aryl methyl sites for hydroxylation is 1. The predicted molar refractivity (Wildman–Crippen MR) is 121 cm³/mol. The summed E-state index contributed by atoms with van der Waals surface area (Å²) in [6.07, 6.45) is 2.63. The van der Waals surface area contributed by atoms with Crippen LogP contribution in [0.4, 0.5) is 5.69 Å². The highest BCUT2D eigenvalue weighted by molar-refractivity contribution is 6.31. The number of nitrogens with one attached hydrogen (secondary N) is 3. The first-order valence-corrected chi connectivity index (χ1v) is 11.0. The average Bonchev–Trinajstić information content (AvgIpc) is 3.30. The van der Waals surface area contributed by atoms with Gasteiger partial charge in [-0.3, -0.25) is 24.5 Å². The Morgan fingerprint density at radius 1 is 1.27 bits per heavy atom. The van der Waals surface area contributed by atoms with E-state index >= 15 is 0 Å². The molecule has 4 amide bonds. The molecule has 1 aromatic carbocycles. The van der Waals surface area contributed by atoms with E-state index in [4.69, 9.17) is 11.6 Å². The fourth-order valence-electron chi connectivity index (χ4n) is 4.50. The third-order valence-electron chi connectivity index (χ3n) is 6.09. The zero-order valence-electron chi connectivity index (χ0n) is 17.7. The van der Waals surface area contributed by atoms with E-state index < -0.39 is 11.9 Å². The van der Waals surface area contributed by atoms with Gasteiger partial charge in [0.15, 0.2) is 0 Å². The molecule has 1 fully saturated rings. The molecular formula is C23H20ClN5O4. The maximum Gasteiger partial charge on any atom is 0.272 e. The summed E-state index contributed by atoms with van der Waals surface area (Å²) in [4.78, 5) is 58.3. The number of aromatic nitrogens is 2. The second-order valence-electron chi connectivity index (χ2n) is 8.11. The van der Waals surface area contributed by atoms with Gasteiger partial charge >= 0.3 is 0 Å². The standard InChI is InChI=1S/C23H20ClN5O4/c1-2-14-16-8-12(24)9-25-20(16)28-19(14)22(32)26-13-3-4-15-11(7-13)10-29(23(15)33)17-5-6-18(30)27-21(17)31/h3-4,7-9,17H,2,5-6,10H2,1H3,(H,25,28)(H,26,32)(H,27,30,31). The number of rotatable bonds is 4. The van der Waals surface area contributed by atoms with E-state index in [0.717, 1.165) is 10.9 Å². The Morgan fingerprint density at radius 2 is 2.09 bits per heavy atom. The Kier molecular flexibility index (Phi) is 5.13. The number of nitrogens with zero attached hydrogens (tertiary/aromatic N) is 2. The summed E-state index contributed by atoms with van der Waals surface area (Å²) in [7, 11) is 0. The zero-order chi connectivity index (χ0) is 23.3. The Bertz CT molecular complexity index is 1350. The highest BCUT2D eigenvalue weighted by Crippen LogP contribution is 2.30. The lowest BCUT2D eigenvalue weighted by Gasteiger charge is -2.29. The molecule has 0 spiro atoms. The summed E-state index contributed by atoms with van der Waals surface area (Å²) >= 11 is 6.07. The summed E-state index contributed by atoms with van der Waals surface area (Å²) in [6.45, 7) is 2.18. The van der Waals surface area contributed by atoms with Crippen LogP contribution < -0.4 is 10.6 Å². The molecule has 2 aliphatic rings. The molecule has 4 heterocycles. The number of anilines is 1. The van der Waals surface area contributed by atoms with Crippen molar-refractivity contribution in [2.24, 2.45) is 0 Å². The van der Waals surface area contributed by atoms with Crippen molar-refractivity contribution in [2.45, 2.75) is 38.8 Å². The lowest BCUT2D eigenvalue weighted by atomic mass is 10.0. The van der Waals surface area contributed by atoms with Crippen molar-refractivity contribution < 1.29 is 19.2 Å². The van der Waals surface area contributed by atoms with Gasteiger partial charge in [-0.05, 0) is 48.2 Å². The molecule has 9 nitrogen and oxygen atoms in total. The van der Waals surface area contributed by atoms with E-state index in [9.17, 15) is 19.2 Å². The Labute approximate surface area is 193 Å². The number of carbonyl (C=O) groups excluding carboxylic acids is 4. The summed E-state index contributed by atoms with van der Waals surface area (Å²) < 4.78 is 0. The van der Waals surface area contributed by atoms with Gasteiger partial charge in [-0.1, -0.05) is 18.5 Å². The normalized spacial score (nSPS) is 17.9. The minimum atomic E-state index is -0.682. The Morgan fingerprint density at radius 3 is 2.85 bits per heavy atom. The summed E-state index contributed by atoms with van der Waals surface area (Å²) in [5.41, 5.74) is 3.53. The van der Waals surface area contributed by atoms with Crippen LogP contribution in [0.2, 0.25) is 5.02 Å². The van der Waals surface area contributed by atoms with E-state index in [-0.39, 0.29) is 30.7 Å². The molecule has 1 saturated heterocycles. The molecule has 5 rings (SSSR count). The maximum absolute atomic E-state index is 13.0. The van der Waals surface area contributed by atoms with E-state index in [1.165, 1.54) is 11.1 Å². The van der Waals surface area contributed by atoms with Crippen LogP contribution in [0.25, 0.3) is 11.0 Å². The van der Waals surface area contributed by atoms with Crippen LogP contribution in [-0.4, -0.2) is 44.5 Å². The smallest absolute Gasteiger partial charge is 0.272 e. The molecule has 1 atom stereocenters. The van der Waals surface area contributed by atoms with Gasteiger partial charge in [0.1, 0.15) is 17.4 Å². The predicted octanol–water partition coefficient (Wildman–Crippen LogP) is 2.79. The number of halogens is 1. The van der Waals surface area contributed by atoms with Crippen molar-refractivity contribution in [1.29, 1.82) is 0 Å². The fraction of sp³-hybridized carbons (Fsp3) is 0.261. The van der Waals surface area contributed by atoms with Gasteiger partial charge in [-0.15, -0.1) is 0 Å². The molecule has 0 bridgehead atoms. The Balaban J connectivity index is 1.38. The number of benzene rings is 1. The molecule has 0 aliphatic carbocycles. The number of pyridine rings is 1. The number of piperidine rings is 1. The van der Waals surface area contributed by atoms with E-state index in [1.807, 2.05) is 6.92 Å². The van der Waals surface area contributed by atoms with Crippen LogP contribution in [0.1, 0.15) is 51.7 Å². The molecular weight excluding hydrogens is 446 g/mol. The van der Waals surface area contributed by atoms with Crippen molar-refractivity contribution in [3.8, 4) is 0 Å². The first kappa shape index (κ1) is 21.1. The molecule has 3 N–H and O–H groups in total. The number of carbonyl (C=O) groups is 4. The quantitative estimate of drug-likeness (QED) is 0.511. The molecule has 1 unspecified atom stereocenters. The summed E-state index contributed by atoms with van der Waals surface area (Å²) in [5.74, 6) is -1.37. The number of fused-ring (bicyclic) bond motifs is 2. The first-order valence-electron chi connectivity index (χ1n) is 10.6. The van der Waals surface area contributed by atoms with E-state index in [2.05, 4.69) is 20.6 Å². The summed E-state index contributed by atoms with van der Waals surface area (Å²) in [5, 5.41) is 6.46. The number of amides is 4. The minimum Gasteiger partial charge on any atom is -0.335 e. The Hall–Kier alpha value is -3.72. The third-order valence-corrected chi connectivity index (χ3v) is 6.29. The van der Waals surface area contributed by atoms with Crippen molar-refractivity contribution >= 4 is 52.0 Å². The van der Waals surface area contributed by atoms with Crippen molar-refractivity contribution in [1.82, 2.24) is 20.2 Å². The second-order valence-corrected chi connectivity index (χ2v) is 8.54. The SMILES string of the molecule is CCc1c(C(=O)Nc2ccc3c(c2)CN(C2CCC(=O)NC2=O)C3=O)[nH]c2ncc(Cl)cc12. The lowest BCUT2D eigenvalue weighted by Crippen LogP contribution is -2.52.